The quantitative estimate of drug-likeness (QED) is 0.751. The molecule has 0 bridgehead atoms. The second kappa shape index (κ2) is 5.05. The molecule has 2 heteroatoms. The van der Waals surface area contributed by atoms with E-state index in [0.29, 0.717) is 5.54 Å². The minimum atomic E-state index is 0.337. The molecule has 0 spiro atoms. The standard InChI is InChI=1S/C14H28N2/c1-3-14(11-15,12-9-10-12)16(4-2)13-7-5-6-8-13/h12-13H,3-11,15H2,1-2H3. The molecule has 0 amide bonds. The second-order valence-electron chi connectivity index (χ2n) is 5.66. The van der Waals surface area contributed by atoms with Crippen molar-refractivity contribution in [3.63, 3.8) is 0 Å². The van der Waals surface area contributed by atoms with E-state index < -0.39 is 0 Å². The fourth-order valence-electron chi connectivity index (χ4n) is 3.93. The minimum Gasteiger partial charge on any atom is -0.329 e. The van der Waals surface area contributed by atoms with Gasteiger partial charge in [-0.2, -0.15) is 0 Å². The normalized spacial score (nSPS) is 26.2. The molecule has 0 aliphatic heterocycles. The van der Waals surface area contributed by atoms with Crippen LogP contribution in [0.2, 0.25) is 0 Å². The highest BCUT2D eigenvalue weighted by Crippen LogP contribution is 2.46. The van der Waals surface area contributed by atoms with Crippen molar-refractivity contribution in [1.29, 1.82) is 0 Å². The Hall–Kier alpha value is -0.0800. The van der Waals surface area contributed by atoms with E-state index in [1.54, 1.807) is 0 Å². The van der Waals surface area contributed by atoms with Gasteiger partial charge in [-0.05, 0) is 44.6 Å². The summed E-state index contributed by atoms with van der Waals surface area (Å²) in [5.41, 5.74) is 6.50. The first kappa shape index (κ1) is 12.4. The third-order valence-electron chi connectivity index (χ3n) is 4.98. The van der Waals surface area contributed by atoms with E-state index in [1.807, 2.05) is 0 Å². The lowest BCUT2D eigenvalue weighted by Gasteiger charge is -2.46. The Labute approximate surface area is 101 Å². The zero-order valence-corrected chi connectivity index (χ0v) is 11.0. The van der Waals surface area contributed by atoms with Gasteiger partial charge in [0.1, 0.15) is 0 Å². The van der Waals surface area contributed by atoms with Gasteiger partial charge in [0.15, 0.2) is 0 Å². The molecule has 94 valence electrons. The monoisotopic (exact) mass is 224 g/mol. The summed E-state index contributed by atoms with van der Waals surface area (Å²) < 4.78 is 0. The topological polar surface area (TPSA) is 29.3 Å². The fraction of sp³-hybridized carbons (Fsp3) is 1.00. The van der Waals surface area contributed by atoms with Gasteiger partial charge in [0, 0.05) is 18.1 Å². The van der Waals surface area contributed by atoms with Crippen LogP contribution in [0, 0.1) is 5.92 Å². The highest BCUT2D eigenvalue weighted by atomic mass is 15.2. The molecule has 2 aliphatic carbocycles. The molecule has 0 aromatic rings. The molecule has 0 heterocycles. The van der Waals surface area contributed by atoms with E-state index in [1.165, 1.54) is 51.5 Å². The zero-order valence-electron chi connectivity index (χ0n) is 11.0. The summed E-state index contributed by atoms with van der Waals surface area (Å²) in [6.07, 6.45) is 9.72. The SMILES string of the molecule is CCN(C1CCCC1)C(CC)(CN)C1CC1. The number of nitrogens with two attached hydrogens (primary N) is 1. The first-order valence-corrected chi connectivity index (χ1v) is 7.25. The van der Waals surface area contributed by atoms with Crippen molar-refractivity contribution >= 4 is 0 Å². The van der Waals surface area contributed by atoms with Crippen molar-refractivity contribution in [3.8, 4) is 0 Å². The predicted molar refractivity (Wildman–Crippen MR) is 69.4 cm³/mol. The Kier molecular flexibility index (Phi) is 3.91. The van der Waals surface area contributed by atoms with Gasteiger partial charge in [0.25, 0.3) is 0 Å². The molecule has 2 fully saturated rings. The van der Waals surface area contributed by atoms with Crippen molar-refractivity contribution in [1.82, 2.24) is 4.90 Å². The molecule has 16 heavy (non-hydrogen) atoms. The maximum atomic E-state index is 6.16. The Bertz CT molecular complexity index is 213. The van der Waals surface area contributed by atoms with Crippen LogP contribution in [0.15, 0.2) is 0 Å². The Morgan fingerprint density at radius 1 is 1.12 bits per heavy atom. The van der Waals surface area contributed by atoms with Gasteiger partial charge < -0.3 is 5.73 Å². The lowest BCUT2D eigenvalue weighted by atomic mass is 9.86. The summed E-state index contributed by atoms with van der Waals surface area (Å²) in [5, 5.41) is 0. The van der Waals surface area contributed by atoms with Gasteiger partial charge in [-0.15, -0.1) is 0 Å². The third kappa shape index (κ3) is 2.02. The molecule has 2 aliphatic rings. The smallest absolute Gasteiger partial charge is 0.0360 e. The van der Waals surface area contributed by atoms with Gasteiger partial charge in [-0.3, -0.25) is 4.90 Å². The van der Waals surface area contributed by atoms with Crippen LogP contribution in [0.25, 0.3) is 0 Å². The van der Waals surface area contributed by atoms with Gasteiger partial charge in [-0.1, -0.05) is 26.7 Å². The number of hydrogen-bond donors (Lipinski definition) is 1. The maximum Gasteiger partial charge on any atom is 0.0360 e. The van der Waals surface area contributed by atoms with Gasteiger partial charge in [-0.25, -0.2) is 0 Å². The number of rotatable bonds is 6. The van der Waals surface area contributed by atoms with Crippen molar-refractivity contribution in [2.75, 3.05) is 13.1 Å². The van der Waals surface area contributed by atoms with Crippen LogP contribution in [0.5, 0.6) is 0 Å². The molecule has 2 saturated carbocycles. The highest BCUT2D eigenvalue weighted by Gasteiger charge is 2.48. The summed E-state index contributed by atoms with van der Waals surface area (Å²) in [5.74, 6) is 0.892. The minimum absolute atomic E-state index is 0.337. The fourth-order valence-corrected chi connectivity index (χ4v) is 3.93. The van der Waals surface area contributed by atoms with Crippen LogP contribution in [0.3, 0.4) is 0 Å². The summed E-state index contributed by atoms with van der Waals surface area (Å²) in [6, 6.07) is 0.828. The molecule has 1 atom stereocenters. The Morgan fingerprint density at radius 2 is 1.75 bits per heavy atom. The highest BCUT2D eigenvalue weighted by molar-refractivity contribution is 5.04. The molecule has 2 N–H and O–H groups in total. The van der Waals surface area contributed by atoms with Gasteiger partial charge >= 0.3 is 0 Å². The lowest BCUT2D eigenvalue weighted by Crippen LogP contribution is -2.58. The molecule has 0 aromatic carbocycles. The maximum absolute atomic E-state index is 6.16. The average molecular weight is 224 g/mol. The van der Waals surface area contributed by atoms with Crippen LogP contribution in [0.1, 0.15) is 58.8 Å². The first-order chi connectivity index (χ1) is 7.78. The number of likely N-dealkylation sites (N-methyl/N-ethyl adjacent to an activating group) is 1. The molecule has 0 radical (unpaired) electrons. The van der Waals surface area contributed by atoms with Crippen LogP contribution in [0.4, 0.5) is 0 Å². The van der Waals surface area contributed by atoms with E-state index in [9.17, 15) is 0 Å². The summed E-state index contributed by atoms with van der Waals surface area (Å²) in [6.45, 7) is 6.70. The van der Waals surface area contributed by atoms with E-state index in [-0.39, 0.29) is 0 Å². The van der Waals surface area contributed by atoms with Gasteiger partial charge in [0.2, 0.25) is 0 Å². The summed E-state index contributed by atoms with van der Waals surface area (Å²) >= 11 is 0. The van der Waals surface area contributed by atoms with Crippen molar-refractivity contribution in [2.45, 2.75) is 70.4 Å². The number of hydrogen-bond acceptors (Lipinski definition) is 2. The number of nitrogens with zero attached hydrogens (tertiary/aromatic N) is 1. The molecule has 0 aromatic heterocycles. The van der Waals surface area contributed by atoms with Crippen molar-refractivity contribution < 1.29 is 0 Å². The molecule has 0 saturated heterocycles. The molecular weight excluding hydrogens is 196 g/mol. The van der Waals surface area contributed by atoms with E-state index in [0.717, 1.165) is 18.5 Å². The van der Waals surface area contributed by atoms with E-state index >= 15 is 0 Å². The summed E-state index contributed by atoms with van der Waals surface area (Å²) in [7, 11) is 0. The van der Waals surface area contributed by atoms with Crippen molar-refractivity contribution in [3.05, 3.63) is 0 Å². The largest absolute Gasteiger partial charge is 0.329 e. The van der Waals surface area contributed by atoms with Crippen molar-refractivity contribution in [2.24, 2.45) is 11.7 Å². The van der Waals surface area contributed by atoms with Crippen LogP contribution in [-0.2, 0) is 0 Å². The molecule has 2 nitrogen and oxygen atoms in total. The van der Waals surface area contributed by atoms with Crippen LogP contribution < -0.4 is 5.73 Å². The first-order valence-electron chi connectivity index (χ1n) is 7.25. The zero-order chi connectivity index (χ0) is 11.6. The van der Waals surface area contributed by atoms with E-state index in [2.05, 4.69) is 18.7 Å². The Balaban J connectivity index is 2.14. The average Bonchev–Trinajstić information content (AvgIpc) is 3.03. The molecular formula is C14H28N2. The second-order valence-corrected chi connectivity index (χ2v) is 5.66. The van der Waals surface area contributed by atoms with E-state index in [4.69, 9.17) is 5.73 Å². The third-order valence-corrected chi connectivity index (χ3v) is 4.98. The van der Waals surface area contributed by atoms with Gasteiger partial charge in [0.05, 0.1) is 0 Å². The molecule has 1 unspecified atom stereocenters. The summed E-state index contributed by atoms with van der Waals surface area (Å²) in [4.78, 5) is 2.78. The van der Waals surface area contributed by atoms with Crippen LogP contribution >= 0.6 is 0 Å². The van der Waals surface area contributed by atoms with Crippen LogP contribution in [-0.4, -0.2) is 29.6 Å². The lowest BCUT2D eigenvalue weighted by molar-refractivity contribution is 0.0332. The Morgan fingerprint density at radius 3 is 2.12 bits per heavy atom. The predicted octanol–water partition coefficient (Wildman–Crippen LogP) is 2.77. The molecule has 2 rings (SSSR count).